The van der Waals surface area contributed by atoms with Gasteiger partial charge in [0.2, 0.25) is 0 Å². The number of aromatic hydroxyl groups is 1. The number of rotatable bonds is 7. The number of phenols is 1. The molecule has 2 amide bonds. The Morgan fingerprint density at radius 2 is 1.82 bits per heavy atom. The lowest BCUT2D eigenvalue weighted by Crippen LogP contribution is -2.18. The molecule has 0 spiro atoms. The molecule has 0 bridgehead atoms. The lowest BCUT2D eigenvalue weighted by atomic mass is 10.1. The van der Waals surface area contributed by atoms with Crippen molar-refractivity contribution in [2.24, 2.45) is 5.10 Å². The van der Waals surface area contributed by atoms with E-state index in [0.717, 1.165) is 0 Å². The molecule has 3 aromatic carbocycles. The number of non-ortho nitro benzene ring substituents is 1. The third-order valence-corrected chi connectivity index (χ3v) is 4.66. The monoisotopic (exact) mass is 468 g/mol. The van der Waals surface area contributed by atoms with E-state index in [9.17, 15) is 24.8 Å². The van der Waals surface area contributed by atoms with Gasteiger partial charge in [-0.25, -0.2) is 5.43 Å². The van der Waals surface area contributed by atoms with E-state index in [-0.39, 0.29) is 33.3 Å². The maximum Gasteiger partial charge on any atom is 0.271 e. The second-order valence-electron chi connectivity index (χ2n) is 6.59. The molecule has 0 aliphatic carbocycles. The molecular weight excluding hydrogens is 452 g/mol. The summed E-state index contributed by atoms with van der Waals surface area (Å²) in [6, 6.07) is 14.3. The lowest BCUT2D eigenvalue weighted by Gasteiger charge is -2.07. The first-order valence-corrected chi connectivity index (χ1v) is 9.72. The maximum absolute atomic E-state index is 12.3. The SMILES string of the molecule is COc1cc(/C=N/NC(=O)c2ccc(NC(=O)c3cccc([N+](=O)[O-])c3)cc2)cc(Cl)c1O. The van der Waals surface area contributed by atoms with Gasteiger partial charge < -0.3 is 15.2 Å². The molecule has 0 saturated heterocycles. The summed E-state index contributed by atoms with van der Waals surface area (Å²) in [5.74, 6) is -1.06. The van der Waals surface area contributed by atoms with E-state index in [2.05, 4.69) is 15.8 Å². The molecule has 33 heavy (non-hydrogen) atoms. The van der Waals surface area contributed by atoms with Gasteiger partial charge >= 0.3 is 0 Å². The number of phenolic OH excluding ortho intramolecular Hbond substituents is 1. The van der Waals surface area contributed by atoms with Crippen LogP contribution in [0.5, 0.6) is 11.5 Å². The van der Waals surface area contributed by atoms with Gasteiger partial charge in [0, 0.05) is 28.9 Å². The highest BCUT2D eigenvalue weighted by Crippen LogP contribution is 2.34. The smallest absolute Gasteiger partial charge is 0.271 e. The molecule has 3 rings (SSSR count). The van der Waals surface area contributed by atoms with Gasteiger partial charge in [0.25, 0.3) is 17.5 Å². The number of hydrogen-bond acceptors (Lipinski definition) is 7. The van der Waals surface area contributed by atoms with Gasteiger partial charge in [-0.1, -0.05) is 17.7 Å². The van der Waals surface area contributed by atoms with Crippen molar-refractivity contribution in [2.75, 3.05) is 12.4 Å². The quantitative estimate of drug-likeness (QED) is 0.272. The fraction of sp³-hybridized carbons (Fsp3) is 0.0455. The average Bonchev–Trinajstić information content (AvgIpc) is 2.81. The highest BCUT2D eigenvalue weighted by atomic mass is 35.5. The van der Waals surface area contributed by atoms with Crippen LogP contribution in [0.2, 0.25) is 5.02 Å². The highest BCUT2D eigenvalue weighted by molar-refractivity contribution is 6.32. The number of methoxy groups -OCH3 is 1. The predicted molar refractivity (Wildman–Crippen MR) is 122 cm³/mol. The number of nitrogens with zero attached hydrogens (tertiary/aromatic N) is 2. The molecule has 0 fully saturated rings. The zero-order chi connectivity index (χ0) is 24.0. The Balaban J connectivity index is 1.62. The Labute approximate surface area is 192 Å². The van der Waals surface area contributed by atoms with Crippen molar-refractivity contribution in [1.29, 1.82) is 0 Å². The molecule has 3 N–H and O–H groups in total. The van der Waals surface area contributed by atoms with E-state index in [1.54, 1.807) is 0 Å². The molecule has 0 radical (unpaired) electrons. The van der Waals surface area contributed by atoms with Crippen LogP contribution in [0.25, 0.3) is 0 Å². The van der Waals surface area contributed by atoms with Crippen LogP contribution in [0.4, 0.5) is 11.4 Å². The van der Waals surface area contributed by atoms with Crippen LogP contribution in [0.1, 0.15) is 26.3 Å². The van der Waals surface area contributed by atoms with Crippen LogP contribution in [0, 0.1) is 10.1 Å². The first-order valence-electron chi connectivity index (χ1n) is 9.34. The summed E-state index contributed by atoms with van der Waals surface area (Å²) in [5, 5.41) is 27.1. The summed E-state index contributed by atoms with van der Waals surface area (Å²) < 4.78 is 5.00. The third kappa shape index (κ3) is 5.83. The average molecular weight is 469 g/mol. The molecule has 0 aliphatic rings. The zero-order valence-electron chi connectivity index (χ0n) is 17.1. The number of nitrogens with one attached hydrogen (secondary N) is 2. The Kier molecular flexibility index (Phi) is 7.21. The molecule has 0 aromatic heterocycles. The van der Waals surface area contributed by atoms with Crippen molar-refractivity contribution in [3.63, 3.8) is 0 Å². The third-order valence-electron chi connectivity index (χ3n) is 4.37. The van der Waals surface area contributed by atoms with Gasteiger partial charge in [-0.15, -0.1) is 0 Å². The fourth-order valence-electron chi connectivity index (χ4n) is 2.72. The van der Waals surface area contributed by atoms with Gasteiger partial charge in [-0.2, -0.15) is 5.10 Å². The van der Waals surface area contributed by atoms with E-state index in [1.807, 2.05) is 0 Å². The van der Waals surface area contributed by atoms with Crippen molar-refractivity contribution >= 4 is 41.0 Å². The van der Waals surface area contributed by atoms with Gasteiger partial charge in [-0.05, 0) is 48.0 Å². The van der Waals surface area contributed by atoms with Gasteiger partial charge in [0.1, 0.15) is 0 Å². The summed E-state index contributed by atoms with van der Waals surface area (Å²) in [5.41, 5.74) is 3.47. The molecule has 168 valence electrons. The number of carbonyl (C=O) groups excluding carboxylic acids is 2. The zero-order valence-corrected chi connectivity index (χ0v) is 17.9. The van der Waals surface area contributed by atoms with Crippen LogP contribution in [-0.2, 0) is 0 Å². The Hall–Kier alpha value is -4.44. The van der Waals surface area contributed by atoms with Crippen molar-refractivity contribution in [2.45, 2.75) is 0 Å². The Bertz CT molecular complexity index is 1240. The number of carbonyl (C=O) groups is 2. The van der Waals surface area contributed by atoms with Crippen LogP contribution < -0.4 is 15.5 Å². The number of amides is 2. The van der Waals surface area contributed by atoms with E-state index in [0.29, 0.717) is 11.3 Å². The molecule has 3 aromatic rings. The molecule has 0 atom stereocenters. The second kappa shape index (κ2) is 10.2. The summed E-state index contributed by atoms with van der Waals surface area (Å²) in [4.78, 5) is 34.8. The first-order chi connectivity index (χ1) is 15.8. The second-order valence-corrected chi connectivity index (χ2v) is 7.00. The number of hydrazone groups is 1. The molecule has 0 unspecified atom stereocenters. The van der Waals surface area contributed by atoms with Crippen LogP contribution in [-0.4, -0.2) is 35.2 Å². The van der Waals surface area contributed by atoms with Crippen molar-refractivity contribution < 1.29 is 24.4 Å². The molecule has 0 heterocycles. The summed E-state index contributed by atoms with van der Waals surface area (Å²) in [6.07, 6.45) is 1.33. The summed E-state index contributed by atoms with van der Waals surface area (Å²) in [6.45, 7) is 0. The molecule has 10 nitrogen and oxygen atoms in total. The standard InChI is InChI=1S/C22H17ClN4O6/c1-33-19-10-13(9-18(23)20(19)28)12-24-26-22(30)14-5-7-16(8-6-14)25-21(29)15-3-2-4-17(11-15)27(31)32/h2-12,28H,1H3,(H,25,29)(H,26,30)/b24-12+. The van der Waals surface area contributed by atoms with E-state index < -0.39 is 16.7 Å². The number of ether oxygens (including phenoxy) is 1. The highest BCUT2D eigenvalue weighted by Gasteiger charge is 2.12. The van der Waals surface area contributed by atoms with Crippen LogP contribution in [0.3, 0.4) is 0 Å². The van der Waals surface area contributed by atoms with Crippen molar-refractivity contribution in [3.8, 4) is 11.5 Å². The van der Waals surface area contributed by atoms with Gasteiger partial charge in [0.15, 0.2) is 11.5 Å². The van der Waals surface area contributed by atoms with Gasteiger partial charge in [-0.3, -0.25) is 19.7 Å². The maximum atomic E-state index is 12.3. The molecule has 0 saturated carbocycles. The lowest BCUT2D eigenvalue weighted by molar-refractivity contribution is -0.384. The first kappa shape index (κ1) is 23.2. The van der Waals surface area contributed by atoms with Crippen LogP contribution >= 0.6 is 11.6 Å². The number of nitro benzene ring substituents is 1. The Morgan fingerprint density at radius 1 is 1.09 bits per heavy atom. The minimum Gasteiger partial charge on any atom is -0.503 e. The van der Waals surface area contributed by atoms with Crippen LogP contribution in [0.15, 0.2) is 65.8 Å². The minimum atomic E-state index is -0.584. The number of benzene rings is 3. The topological polar surface area (TPSA) is 143 Å². The fourth-order valence-corrected chi connectivity index (χ4v) is 2.94. The van der Waals surface area contributed by atoms with E-state index >= 15 is 0 Å². The Morgan fingerprint density at radius 3 is 2.48 bits per heavy atom. The van der Waals surface area contributed by atoms with E-state index in [1.165, 1.54) is 74.0 Å². The largest absolute Gasteiger partial charge is 0.503 e. The molecular formula is C22H17ClN4O6. The number of hydrogen-bond donors (Lipinski definition) is 3. The summed E-state index contributed by atoms with van der Waals surface area (Å²) in [7, 11) is 1.38. The molecule has 0 aliphatic heterocycles. The van der Waals surface area contributed by atoms with Gasteiger partial charge in [0.05, 0.1) is 23.3 Å². The number of nitro groups is 1. The number of halogens is 1. The minimum absolute atomic E-state index is 0.0740. The summed E-state index contributed by atoms with van der Waals surface area (Å²) >= 11 is 5.91. The van der Waals surface area contributed by atoms with E-state index in [4.69, 9.17) is 16.3 Å². The van der Waals surface area contributed by atoms with Crippen molar-refractivity contribution in [3.05, 3.63) is 92.5 Å². The molecule has 11 heteroatoms. The number of anilines is 1. The predicted octanol–water partition coefficient (Wildman–Crippen LogP) is 3.98. The van der Waals surface area contributed by atoms with Crippen molar-refractivity contribution in [1.82, 2.24) is 5.43 Å². The normalized spacial score (nSPS) is 10.6.